The van der Waals surface area contributed by atoms with Crippen molar-refractivity contribution >= 4 is 11.8 Å². The first kappa shape index (κ1) is 26.7. The van der Waals surface area contributed by atoms with Gasteiger partial charge in [-0.1, -0.05) is 36.4 Å². The van der Waals surface area contributed by atoms with Gasteiger partial charge in [0.05, 0.1) is 24.7 Å². The highest BCUT2D eigenvalue weighted by Gasteiger charge is 2.41. The molecule has 1 aliphatic heterocycles. The Balaban J connectivity index is 1.39. The lowest BCUT2D eigenvalue weighted by Crippen LogP contribution is -2.48. The number of pyridine rings is 2. The average Bonchev–Trinajstić information content (AvgIpc) is 3.69. The van der Waals surface area contributed by atoms with E-state index in [0.29, 0.717) is 28.9 Å². The van der Waals surface area contributed by atoms with Crippen LogP contribution in [0.25, 0.3) is 0 Å². The molecule has 0 spiro atoms. The molecule has 5 rings (SSSR count). The summed E-state index contributed by atoms with van der Waals surface area (Å²) < 4.78 is 31.0. The molecule has 2 aromatic heterocycles. The molecule has 7 nitrogen and oxygen atoms in total. The number of carbonyl (C=O) groups is 2. The number of amides is 2. The van der Waals surface area contributed by atoms with Crippen molar-refractivity contribution in [1.29, 1.82) is 0 Å². The maximum Gasteiger partial charge on any atom is 0.254 e. The monoisotopic (exact) mass is 534 g/mol. The van der Waals surface area contributed by atoms with Gasteiger partial charge in [0.2, 0.25) is 17.8 Å². The fraction of sp³-hybridized carbons (Fsp3) is 0.400. The second-order valence-electron chi connectivity index (χ2n) is 10.4. The molecular formula is C30H32F2N4O3. The highest BCUT2D eigenvalue weighted by Crippen LogP contribution is 2.41. The summed E-state index contributed by atoms with van der Waals surface area (Å²) in [6.45, 7) is 3.90. The van der Waals surface area contributed by atoms with Crippen LogP contribution in [0.15, 0.2) is 59.5 Å². The topological polar surface area (TPSA) is 84.3 Å². The van der Waals surface area contributed by atoms with Gasteiger partial charge in [-0.15, -0.1) is 0 Å². The van der Waals surface area contributed by atoms with Crippen molar-refractivity contribution in [3.05, 3.63) is 99.0 Å². The van der Waals surface area contributed by atoms with Gasteiger partial charge in [0.15, 0.2) is 0 Å². The summed E-state index contributed by atoms with van der Waals surface area (Å²) in [6.07, 6.45) is 1.82. The molecule has 1 saturated heterocycles. The zero-order valence-electron chi connectivity index (χ0n) is 22.1. The van der Waals surface area contributed by atoms with Crippen molar-refractivity contribution < 1.29 is 18.4 Å². The van der Waals surface area contributed by atoms with Gasteiger partial charge >= 0.3 is 0 Å². The number of nitrogens with one attached hydrogen (secondary N) is 1. The number of carbonyl (C=O) groups excluding carboxylic acids is 2. The number of nitrogens with zero attached hydrogens (tertiary/aromatic N) is 3. The fourth-order valence-corrected chi connectivity index (χ4v) is 5.33. The molecule has 1 saturated carbocycles. The highest BCUT2D eigenvalue weighted by atomic mass is 19.1. The summed E-state index contributed by atoms with van der Waals surface area (Å²) in [7, 11) is 0. The standard InChI is InChI=1S/C30H32F2N4O3/c1-3-35-16-18(2)13-21(30(35)39)14-26(37)36-17-22(31)15-25(36)29(38)34-27(20-7-5-4-6-8-20)24-12-11-23(19-9-10-19)28(32)33-24/h4-8,11-13,16,19,22,25,27H,3,9-10,14-15,17H2,1-2H3,(H,34,38). The number of rotatable bonds is 8. The van der Waals surface area contributed by atoms with E-state index >= 15 is 0 Å². The molecule has 2 amide bonds. The number of benzene rings is 1. The van der Waals surface area contributed by atoms with Gasteiger partial charge in [0.25, 0.3) is 5.56 Å². The zero-order chi connectivity index (χ0) is 27.7. The molecule has 3 unspecified atom stereocenters. The highest BCUT2D eigenvalue weighted by molar-refractivity contribution is 5.89. The van der Waals surface area contributed by atoms with Crippen LogP contribution in [0.3, 0.4) is 0 Å². The van der Waals surface area contributed by atoms with Gasteiger partial charge in [-0.3, -0.25) is 14.4 Å². The normalized spacial score (nSPS) is 19.6. The first-order chi connectivity index (χ1) is 18.7. The molecule has 3 aromatic rings. The van der Waals surface area contributed by atoms with Crippen molar-refractivity contribution in [3.8, 4) is 0 Å². The van der Waals surface area contributed by atoms with E-state index in [1.165, 1.54) is 9.47 Å². The van der Waals surface area contributed by atoms with Crippen molar-refractivity contribution in [3.63, 3.8) is 0 Å². The van der Waals surface area contributed by atoms with Crippen LogP contribution < -0.4 is 10.9 Å². The Morgan fingerprint density at radius 2 is 1.90 bits per heavy atom. The van der Waals surface area contributed by atoms with Crippen LogP contribution in [0.5, 0.6) is 0 Å². The van der Waals surface area contributed by atoms with Gasteiger partial charge in [-0.2, -0.15) is 4.39 Å². The lowest BCUT2D eigenvalue weighted by molar-refractivity contribution is -0.138. The van der Waals surface area contributed by atoms with E-state index in [0.717, 1.165) is 18.4 Å². The quantitative estimate of drug-likeness (QED) is 0.443. The van der Waals surface area contributed by atoms with Crippen molar-refractivity contribution in [2.24, 2.45) is 0 Å². The molecule has 9 heteroatoms. The van der Waals surface area contributed by atoms with Crippen LogP contribution in [0.2, 0.25) is 0 Å². The minimum absolute atomic E-state index is 0.158. The third kappa shape index (κ3) is 5.77. The molecule has 1 aromatic carbocycles. The number of aromatic nitrogens is 2. The predicted octanol–water partition coefficient (Wildman–Crippen LogP) is 3.98. The minimum atomic E-state index is -1.38. The Kier molecular flexibility index (Phi) is 7.59. The maximum absolute atomic E-state index is 14.8. The van der Waals surface area contributed by atoms with E-state index in [-0.39, 0.29) is 30.9 Å². The molecule has 3 atom stereocenters. The van der Waals surface area contributed by atoms with E-state index in [9.17, 15) is 23.2 Å². The smallest absolute Gasteiger partial charge is 0.254 e. The number of hydrogen-bond donors (Lipinski definition) is 1. The summed E-state index contributed by atoms with van der Waals surface area (Å²) >= 11 is 0. The number of hydrogen-bond acceptors (Lipinski definition) is 4. The number of likely N-dealkylation sites (tertiary alicyclic amines) is 1. The van der Waals surface area contributed by atoms with E-state index in [4.69, 9.17) is 0 Å². The molecule has 2 fully saturated rings. The van der Waals surface area contributed by atoms with Gasteiger partial charge < -0.3 is 14.8 Å². The minimum Gasteiger partial charge on any atom is -0.342 e. The summed E-state index contributed by atoms with van der Waals surface area (Å²) in [5, 5.41) is 2.90. The molecule has 0 bridgehead atoms. The van der Waals surface area contributed by atoms with Crippen molar-refractivity contribution in [2.75, 3.05) is 6.54 Å². The SMILES string of the molecule is CCn1cc(C)cc(CC(=O)N2CC(F)CC2C(=O)NC(c2ccccc2)c2ccc(C3CC3)c(F)n2)c1=O. The van der Waals surface area contributed by atoms with Crippen molar-refractivity contribution in [2.45, 2.75) is 70.2 Å². The summed E-state index contributed by atoms with van der Waals surface area (Å²) in [4.78, 5) is 45.0. The summed E-state index contributed by atoms with van der Waals surface area (Å²) in [6, 6.07) is 12.3. The van der Waals surface area contributed by atoms with Gasteiger partial charge in [-0.25, -0.2) is 9.37 Å². The van der Waals surface area contributed by atoms with Crippen LogP contribution in [0, 0.1) is 12.9 Å². The Hall–Kier alpha value is -3.88. The first-order valence-electron chi connectivity index (χ1n) is 13.4. The molecule has 1 aliphatic carbocycles. The van der Waals surface area contributed by atoms with E-state index in [1.54, 1.807) is 48.7 Å². The zero-order valence-corrected chi connectivity index (χ0v) is 22.1. The first-order valence-corrected chi connectivity index (χ1v) is 13.4. The number of halogens is 2. The predicted molar refractivity (Wildman–Crippen MR) is 142 cm³/mol. The largest absolute Gasteiger partial charge is 0.342 e. The van der Waals surface area contributed by atoms with E-state index in [2.05, 4.69) is 10.3 Å². The third-order valence-corrected chi connectivity index (χ3v) is 7.48. The molecule has 0 radical (unpaired) electrons. The molecule has 1 N–H and O–H groups in total. The molecular weight excluding hydrogens is 502 g/mol. The summed E-state index contributed by atoms with van der Waals surface area (Å²) in [5.74, 6) is -1.41. The van der Waals surface area contributed by atoms with Crippen LogP contribution in [0.4, 0.5) is 8.78 Å². The molecule has 39 heavy (non-hydrogen) atoms. The fourth-order valence-electron chi connectivity index (χ4n) is 5.33. The van der Waals surface area contributed by atoms with Crippen LogP contribution in [-0.4, -0.2) is 45.0 Å². The van der Waals surface area contributed by atoms with Gasteiger partial charge in [0.1, 0.15) is 12.2 Å². The van der Waals surface area contributed by atoms with Crippen LogP contribution in [-0.2, 0) is 22.6 Å². The second-order valence-corrected chi connectivity index (χ2v) is 10.4. The lowest BCUT2D eigenvalue weighted by atomic mass is 10.0. The molecule has 2 aliphatic rings. The van der Waals surface area contributed by atoms with E-state index in [1.807, 2.05) is 19.9 Å². The van der Waals surface area contributed by atoms with Gasteiger partial charge in [0, 0.05) is 30.3 Å². The maximum atomic E-state index is 14.8. The lowest BCUT2D eigenvalue weighted by Gasteiger charge is -2.27. The third-order valence-electron chi connectivity index (χ3n) is 7.48. The summed E-state index contributed by atoms with van der Waals surface area (Å²) in [5.41, 5.74) is 2.44. The Morgan fingerprint density at radius 1 is 1.15 bits per heavy atom. The molecule has 3 heterocycles. The average molecular weight is 535 g/mol. The van der Waals surface area contributed by atoms with Crippen LogP contribution in [0.1, 0.15) is 66.1 Å². The van der Waals surface area contributed by atoms with E-state index < -0.39 is 36.0 Å². The Bertz CT molecular complexity index is 1440. The Labute approximate surface area is 225 Å². The van der Waals surface area contributed by atoms with Crippen molar-refractivity contribution in [1.82, 2.24) is 19.8 Å². The van der Waals surface area contributed by atoms with Crippen LogP contribution >= 0.6 is 0 Å². The second kappa shape index (κ2) is 11.1. The van der Waals surface area contributed by atoms with Gasteiger partial charge in [-0.05, 0) is 55.9 Å². The Morgan fingerprint density at radius 3 is 2.56 bits per heavy atom. The number of alkyl halides is 1. The number of aryl methyl sites for hydroxylation is 2. The molecule has 204 valence electrons.